The first kappa shape index (κ1) is 18.8. The summed E-state index contributed by atoms with van der Waals surface area (Å²) < 4.78 is 10.3. The SMILES string of the molecule is CC(C)c1ccc(-c2noc(CCC(=O)NCC(O)c3ccco3)n2)cc1. The Labute approximate surface area is 157 Å². The number of aryl methyl sites for hydroxylation is 1. The van der Waals surface area contributed by atoms with Crippen LogP contribution in [0.2, 0.25) is 0 Å². The second kappa shape index (κ2) is 8.64. The smallest absolute Gasteiger partial charge is 0.227 e. The highest BCUT2D eigenvalue weighted by atomic mass is 16.5. The summed E-state index contributed by atoms with van der Waals surface area (Å²) in [6.45, 7) is 4.36. The lowest BCUT2D eigenvalue weighted by Gasteiger charge is -2.08. The maximum Gasteiger partial charge on any atom is 0.227 e. The number of rotatable bonds is 8. The molecule has 0 saturated carbocycles. The molecule has 2 aromatic heterocycles. The van der Waals surface area contributed by atoms with Gasteiger partial charge in [0, 0.05) is 18.4 Å². The minimum absolute atomic E-state index is 0.0869. The summed E-state index contributed by atoms with van der Waals surface area (Å²) in [6, 6.07) is 11.4. The summed E-state index contributed by atoms with van der Waals surface area (Å²) in [5.41, 5.74) is 2.12. The van der Waals surface area contributed by atoms with Crippen LogP contribution in [0.3, 0.4) is 0 Å². The maximum absolute atomic E-state index is 11.9. The predicted octanol–water partition coefficient (Wildman–Crippen LogP) is 3.24. The van der Waals surface area contributed by atoms with Crippen LogP contribution in [0.15, 0.2) is 51.6 Å². The van der Waals surface area contributed by atoms with Crippen LogP contribution in [0, 0.1) is 0 Å². The van der Waals surface area contributed by atoms with Gasteiger partial charge in [-0.1, -0.05) is 43.3 Å². The Kier molecular flexibility index (Phi) is 6.03. The van der Waals surface area contributed by atoms with Crippen LogP contribution in [0.25, 0.3) is 11.4 Å². The molecular weight excluding hydrogens is 346 g/mol. The third-order valence-electron chi connectivity index (χ3n) is 4.23. The normalized spacial score (nSPS) is 12.3. The lowest BCUT2D eigenvalue weighted by molar-refractivity contribution is -0.121. The number of benzene rings is 1. The standard InChI is InChI=1S/C20H23N3O4/c1-13(2)14-5-7-15(8-6-14)20-22-19(27-23-20)10-9-18(25)21-12-16(24)17-4-3-11-26-17/h3-8,11,13,16,24H,9-10,12H2,1-2H3,(H,21,25). The average molecular weight is 369 g/mol. The van der Waals surface area contributed by atoms with Gasteiger partial charge >= 0.3 is 0 Å². The summed E-state index contributed by atoms with van der Waals surface area (Å²) in [5, 5.41) is 16.5. The van der Waals surface area contributed by atoms with Crippen LogP contribution in [0.1, 0.15) is 49.5 Å². The predicted molar refractivity (Wildman–Crippen MR) is 98.8 cm³/mol. The second-order valence-electron chi connectivity index (χ2n) is 6.62. The second-order valence-corrected chi connectivity index (χ2v) is 6.62. The Morgan fingerprint density at radius 2 is 2.00 bits per heavy atom. The fourth-order valence-electron chi connectivity index (χ4n) is 2.59. The molecule has 1 atom stereocenters. The zero-order chi connectivity index (χ0) is 19.2. The fourth-order valence-corrected chi connectivity index (χ4v) is 2.59. The molecule has 0 aliphatic carbocycles. The van der Waals surface area contributed by atoms with E-state index in [9.17, 15) is 9.90 Å². The first-order valence-electron chi connectivity index (χ1n) is 8.94. The molecule has 7 nitrogen and oxygen atoms in total. The lowest BCUT2D eigenvalue weighted by atomic mass is 10.0. The number of amides is 1. The lowest BCUT2D eigenvalue weighted by Crippen LogP contribution is -2.28. The van der Waals surface area contributed by atoms with E-state index in [1.165, 1.54) is 11.8 Å². The van der Waals surface area contributed by atoms with Gasteiger partial charge in [-0.25, -0.2) is 0 Å². The van der Waals surface area contributed by atoms with Crippen molar-refractivity contribution in [2.45, 2.75) is 38.7 Å². The number of carbonyl (C=O) groups is 1. The van der Waals surface area contributed by atoms with Gasteiger partial charge in [0.1, 0.15) is 11.9 Å². The topological polar surface area (TPSA) is 101 Å². The van der Waals surface area contributed by atoms with E-state index >= 15 is 0 Å². The summed E-state index contributed by atoms with van der Waals surface area (Å²) >= 11 is 0. The van der Waals surface area contributed by atoms with Crippen molar-refractivity contribution in [2.24, 2.45) is 0 Å². The van der Waals surface area contributed by atoms with Crippen LogP contribution in [0.4, 0.5) is 0 Å². The fraction of sp³-hybridized carbons (Fsp3) is 0.350. The Bertz CT molecular complexity index is 854. The van der Waals surface area contributed by atoms with Crippen molar-refractivity contribution < 1.29 is 18.8 Å². The number of carbonyl (C=O) groups excluding carboxylic acids is 1. The molecule has 3 rings (SSSR count). The number of aromatic nitrogens is 2. The van der Waals surface area contributed by atoms with Crippen molar-refractivity contribution >= 4 is 5.91 Å². The highest BCUT2D eigenvalue weighted by Crippen LogP contribution is 2.20. The van der Waals surface area contributed by atoms with Crippen molar-refractivity contribution in [1.29, 1.82) is 0 Å². The molecule has 142 valence electrons. The van der Waals surface area contributed by atoms with Crippen molar-refractivity contribution in [2.75, 3.05) is 6.54 Å². The van der Waals surface area contributed by atoms with Crippen LogP contribution in [-0.2, 0) is 11.2 Å². The van der Waals surface area contributed by atoms with Crippen LogP contribution in [0.5, 0.6) is 0 Å². The van der Waals surface area contributed by atoms with Crippen LogP contribution < -0.4 is 5.32 Å². The van der Waals surface area contributed by atoms with Gasteiger partial charge in [-0.3, -0.25) is 4.79 Å². The van der Waals surface area contributed by atoms with Crippen LogP contribution in [-0.4, -0.2) is 27.7 Å². The number of hydrogen-bond donors (Lipinski definition) is 2. The molecule has 0 fully saturated rings. The summed E-state index contributed by atoms with van der Waals surface area (Å²) in [6.07, 6.45) is 1.13. The average Bonchev–Trinajstić information content (AvgIpc) is 3.36. The van der Waals surface area contributed by atoms with Gasteiger partial charge in [0.2, 0.25) is 17.6 Å². The van der Waals surface area contributed by atoms with Gasteiger partial charge < -0.3 is 19.4 Å². The summed E-state index contributed by atoms with van der Waals surface area (Å²) in [4.78, 5) is 16.3. The zero-order valence-electron chi connectivity index (χ0n) is 15.4. The molecule has 0 aliphatic heterocycles. The van der Waals surface area contributed by atoms with E-state index in [1.54, 1.807) is 12.1 Å². The van der Waals surface area contributed by atoms with E-state index in [2.05, 4.69) is 29.3 Å². The molecule has 0 spiro atoms. The zero-order valence-corrected chi connectivity index (χ0v) is 15.4. The van der Waals surface area contributed by atoms with Gasteiger partial charge in [-0.2, -0.15) is 4.98 Å². The molecule has 2 N–H and O–H groups in total. The van der Waals surface area contributed by atoms with Gasteiger partial charge in [-0.15, -0.1) is 0 Å². The van der Waals surface area contributed by atoms with E-state index in [0.29, 0.717) is 29.8 Å². The number of nitrogens with zero attached hydrogens (tertiary/aromatic N) is 2. The van der Waals surface area contributed by atoms with Crippen molar-refractivity contribution in [3.8, 4) is 11.4 Å². The molecule has 27 heavy (non-hydrogen) atoms. The van der Waals surface area contributed by atoms with Crippen molar-refractivity contribution in [3.63, 3.8) is 0 Å². The molecular formula is C20H23N3O4. The molecule has 1 unspecified atom stereocenters. The molecule has 1 amide bonds. The molecule has 3 aromatic rings. The molecule has 0 saturated heterocycles. The molecule has 0 bridgehead atoms. The highest BCUT2D eigenvalue weighted by Gasteiger charge is 2.14. The highest BCUT2D eigenvalue weighted by molar-refractivity contribution is 5.76. The van der Waals surface area contributed by atoms with Gasteiger partial charge in [-0.05, 0) is 23.6 Å². The molecule has 0 aliphatic rings. The van der Waals surface area contributed by atoms with Crippen LogP contribution >= 0.6 is 0 Å². The van der Waals surface area contributed by atoms with Crippen molar-refractivity contribution in [1.82, 2.24) is 15.5 Å². The third kappa shape index (κ3) is 5.04. The summed E-state index contributed by atoms with van der Waals surface area (Å²) in [5.74, 6) is 1.58. The maximum atomic E-state index is 11.9. The number of aliphatic hydroxyl groups is 1. The Balaban J connectivity index is 1.48. The Hall–Kier alpha value is -2.93. The number of nitrogens with one attached hydrogen (secondary N) is 1. The van der Waals surface area contributed by atoms with E-state index < -0.39 is 6.10 Å². The third-order valence-corrected chi connectivity index (χ3v) is 4.23. The minimum atomic E-state index is -0.868. The van der Waals surface area contributed by atoms with Gasteiger partial charge in [0.05, 0.1) is 12.8 Å². The molecule has 1 aromatic carbocycles. The first-order valence-corrected chi connectivity index (χ1v) is 8.94. The monoisotopic (exact) mass is 369 g/mol. The van der Waals surface area contributed by atoms with E-state index in [0.717, 1.165) is 5.56 Å². The Morgan fingerprint density at radius 3 is 2.67 bits per heavy atom. The molecule has 7 heteroatoms. The minimum Gasteiger partial charge on any atom is -0.467 e. The van der Waals surface area contributed by atoms with E-state index in [4.69, 9.17) is 8.94 Å². The molecule has 0 radical (unpaired) electrons. The number of furan rings is 1. The number of hydrogen-bond acceptors (Lipinski definition) is 6. The van der Waals surface area contributed by atoms with Gasteiger partial charge in [0.15, 0.2) is 0 Å². The van der Waals surface area contributed by atoms with Crippen molar-refractivity contribution in [3.05, 3.63) is 59.9 Å². The largest absolute Gasteiger partial charge is 0.467 e. The number of aliphatic hydroxyl groups excluding tert-OH is 1. The van der Waals surface area contributed by atoms with E-state index in [-0.39, 0.29) is 18.9 Å². The summed E-state index contributed by atoms with van der Waals surface area (Å²) in [7, 11) is 0. The van der Waals surface area contributed by atoms with Gasteiger partial charge in [0.25, 0.3) is 0 Å². The quantitative estimate of drug-likeness (QED) is 0.632. The first-order chi connectivity index (χ1) is 13.0. The van der Waals surface area contributed by atoms with E-state index in [1.807, 2.05) is 24.3 Å². The molecule has 2 heterocycles. The Morgan fingerprint density at radius 1 is 1.22 bits per heavy atom.